The summed E-state index contributed by atoms with van der Waals surface area (Å²) in [5.74, 6) is -1.68. The Balaban J connectivity index is 2.02. The molecule has 2 aromatic rings. The van der Waals surface area contributed by atoms with Crippen molar-refractivity contribution in [3.05, 3.63) is 51.4 Å². The van der Waals surface area contributed by atoms with Gasteiger partial charge in [0.25, 0.3) is 5.91 Å². The molecule has 1 atom stereocenters. The number of fused-ring (bicyclic) bond motifs is 1. The molecule has 0 bridgehead atoms. The Labute approximate surface area is 174 Å². The average molecular weight is 416 g/mol. The quantitative estimate of drug-likeness (QED) is 0.704. The SMILES string of the molecule is CCOC(=O)c1c(NC(=O)c2cccc(C)c2)sc2c1C(C(=O)OCC)CCC2. The highest BCUT2D eigenvalue weighted by Gasteiger charge is 2.36. The number of hydrogen-bond donors (Lipinski definition) is 1. The van der Waals surface area contributed by atoms with Crippen LogP contribution in [0, 0.1) is 6.92 Å². The fraction of sp³-hybridized carbons (Fsp3) is 0.409. The van der Waals surface area contributed by atoms with Crippen molar-refractivity contribution in [1.82, 2.24) is 0 Å². The summed E-state index contributed by atoms with van der Waals surface area (Å²) in [6, 6.07) is 7.23. The van der Waals surface area contributed by atoms with E-state index < -0.39 is 11.9 Å². The van der Waals surface area contributed by atoms with Crippen LogP contribution in [0.3, 0.4) is 0 Å². The van der Waals surface area contributed by atoms with E-state index in [-0.39, 0.29) is 30.7 Å². The van der Waals surface area contributed by atoms with Gasteiger partial charge in [0.1, 0.15) is 5.00 Å². The number of nitrogens with one attached hydrogen (secondary N) is 1. The second-order valence-electron chi connectivity index (χ2n) is 6.88. The maximum atomic E-state index is 12.8. The number of esters is 2. The molecule has 1 unspecified atom stereocenters. The first kappa shape index (κ1) is 21.0. The highest BCUT2D eigenvalue weighted by atomic mass is 32.1. The zero-order valence-corrected chi connectivity index (χ0v) is 17.7. The van der Waals surface area contributed by atoms with Gasteiger partial charge in [0.05, 0.1) is 24.7 Å². The van der Waals surface area contributed by atoms with Crippen molar-refractivity contribution in [2.45, 2.75) is 46.0 Å². The predicted octanol–water partition coefficient (Wildman–Crippen LogP) is 4.47. The summed E-state index contributed by atoms with van der Waals surface area (Å²) in [7, 11) is 0. The second-order valence-corrected chi connectivity index (χ2v) is 7.99. The Morgan fingerprint density at radius 1 is 1.17 bits per heavy atom. The van der Waals surface area contributed by atoms with Gasteiger partial charge in [-0.3, -0.25) is 9.59 Å². The molecule has 0 fully saturated rings. The molecule has 1 aromatic carbocycles. The van der Waals surface area contributed by atoms with E-state index in [9.17, 15) is 14.4 Å². The lowest BCUT2D eigenvalue weighted by molar-refractivity contribution is -0.145. The van der Waals surface area contributed by atoms with Crippen LogP contribution >= 0.6 is 11.3 Å². The van der Waals surface area contributed by atoms with Gasteiger partial charge in [-0.2, -0.15) is 0 Å². The average Bonchev–Trinajstić information content (AvgIpc) is 3.06. The molecule has 1 aromatic heterocycles. The topological polar surface area (TPSA) is 81.7 Å². The van der Waals surface area contributed by atoms with Gasteiger partial charge in [-0.1, -0.05) is 17.7 Å². The Kier molecular flexibility index (Phi) is 6.69. The van der Waals surface area contributed by atoms with E-state index >= 15 is 0 Å². The number of carbonyl (C=O) groups is 3. The first-order chi connectivity index (χ1) is 14.0. The van der Waals surface area contributed by atoms with Crippen LogP contribution in [-0.4, -0.2) is 31.1 Å². The zero-order valence-electron chi connectivity index (χ0n) is 16.9. The van der Waals surface area contributed by atoms with E-state index in [0.29, 0.717) is 22.5 Å². The molecule has 3 rings (SSSR count). The highest BCUT2D eigenvalue weighted by molar-refractivity contribution is 7.17. The van der Waals surface area contributed by atoms with Gasteiger partial charge in [0, 0.05) is 10.4 Å². The van der Waals surface area contributed by atoms with E-state index in [1.165, 1.54) is 11.3 Å². The number of aryl methyl sites for hydroxylation is 2. The number of carbonyl (C=O) groups excluding carboxylic acids is 3. The van der Waals surface area contributed by atoms with Crippen LogP contribution in [-0.2, 0) is 20.7 Å². The number of benzene rings is 1. The second kappa shape index (κ2) is 9.22. The molecule has 1 N–H and O–H groups in total. The minimum Gasteiger partial charge on any atom is -0.466 e. The van der Waals surface area contributed by atoms with Gasteiger partial charge in [0.15, 0.2) is 0 Å². The van der Waals surface area contributed by atoms with E-state index in [2.05, 4.69) is 5.32 Å². The van der Waals surface area contributed by atoms with Gasteiger partial charge >= 0.3 is 11.9 Å². The Morgan fingerprint density at radius 3 is 2.62 bits per heavy atom. The van der Waals surface area contributed by atoms with Gasteiger partial charge in [-0.15, -0.1) is 11.3 Å². The molecule has 0 saturated heterocycles. The van der Waals surface area contributed by atoms with E-state index in [0.717, 1.165) is 23.3 Å². The molecule has 1 aliphatic rings. The fourth-order valence-corrected chi connectivity index (χ4v) is 4.88. The summed E-state index contributed by atoms with van der Waals surface area (Å²) in [6.07, 6.45) is 2.19. The Bertz CT molecular complexity index is 933. The molecule has 1 amide bonds. The smallest absolute Gasteiger partial charge is 0.341 e. The van der Waals surface area contributed by atoms with Gasteiger partial charge in [-0.05, 0) is 57.7 Å². The summed E-state index contributed by atoms with van der Waals surface area (Å²) < 4.78 is 10.5. The zero-order chi connectivity index (χ0) is 21.0. The third-order valence-corrected chi connectivity index (χ3v) is 6.01. The molecule has 0 saturated carbocycles. The summed E-state index contributed by atoms with van der Waals surface area (Å²) >= 11 is 1.34. The highest BCUT2D eigenvalue weighted by Crippen LogP contribution is 2.44. The van der Waals surface area contributed by atoms with Crippen molar-refractivity contribution >= 4 is 34.2 Å². The maximum absolute atomic E-state index is 12.8. The van der Waals surface area contributed by atoms with Crippen LogP contribution in [0.4, 0.5) is 5.00 Å². The van der Waals surface area contributed by atoms with Crippen LogP contribution in [0.5, 0.6) is 0 Å². The van der Waals surface area contributed by atoms with Crippen molar-refractivity contribution in [3.63, 3.8) is 0 Å². The Morgan fingerprint density at radius 2 is 1.93 bits per heavy atom. The first-order valence-corrected chi connectivity index (χ1v) is 10.6. The number of anilines is 1. The van der Waals surface area contributed by atoms with Gasteiger partial charge in [0.2, 0.25) is 0 Å². The molecule has 29 heavy (non-hydrogen) atoms. The van der Waals surface area contributed by atoms with Crippen molar-refractivity contribution in [3.8, 4) is 0 Å². The van der Waals surface area contributed by atoms with E-state index in [4.69, 9.17) is 9.47 Å². The Hall–Kier alpha value is -2.67. The minimum atomic E-state index is -0.527. The molecule has 7 heteroatoms. The molecule has 154 valence electrons. The summed E-state index contributed by atoms with van der Waals surface area (Å²) in [5.41, 5.74) is 2.41. The first-order valence-electron chi connectivity index (χ1n) is 9.83. The molecule has 0 aliphatic heterocycles. The van der Waals surface area contributed by atoms with Crippen LogP contribution in [0.25, 0.3) is 0 Å². The largest absolute Gasteiger partial charge is 0.466 e. The molecule has 0 spiro atoms. The summed E-state index contributed by atoms with van der Waals surface area (Å²) in [6.45, 7) is 5.88. The number of rotatable bonds is 6. The van der Waals surface area contributed by atoms with Crippen LogP contribution in [0.15, 0.2) is 24.3 Å². The van der Waals surface area contributed by atoms with Gasteiger partial charge in [-0.25, -0.2) is 4.79 Å². The molecular formula is C22H25NO5S. The molecule has 0 radical (unpaired) electrons. The number of ether oxygens (including phenoxy) is 2. The van der Waals surface area contributed by atoms with Gasteiger partial charge < -0.3 is 14.8 Å². The van der Waals surface area contributed by atoms with Crippen molar-refractivity contribution < 1.29 is 23.9 Å². The maximum Gasteiger partial charge on any atom is 0.341 e. The van der Waals surface area contributed by atoms with Crippen molar-refractivity contribution in [2.24, 2.45) is 0 Å². The number of amides is 1. The van der Waals surface area contributed by atoms with Crippen molar-refractivity contribution in [2.75, 3.05) is 18.5 Å². The fourth-order valence-electron chi connectivity index (χ4n) is 3.59. The standard InChI is InChI=1S/C22H25NO5S/c1-4-27-21(25)15-10-7-11-16-17(15)18(22(26)28-5-2)20(29-16)23-19(24)14-9-6-8-13(3)12-14/h6,8-9,12,15H,4-5,7,10-11H2,1-3H3,(H,23,24). The summed E-state index contributed by atoms with van der Waals surface area (Å²) in [5, 5.41) is 3.30. The normalized spacial score (nSPS) is 15.3. The van der Waals surface area contributed by atoms with Crippen LogP contribution < -0.4 is 5.32 Å². The minimum absolute atomic E-state index is 0.207. The molecule has 6 nitrogen and oxygen atoms in total. The predicted molar refractivity (Wildman–Crippen MR) is 112 cm³/mol. The number of hydrogen-bond acceptors (Lipinski definition) is 6. The van der Waals surface area contributed by atoms with Crippen LogP contribution in [0.1, 0.15) is 69.3 Å². The van der Waals surface area contributed by atoms with E-state index in [1.807, 2.05) is 19.1 Å². The third-order valence-electron chi connectivity index (χ3n) is 4.83. The molecule has 1 aliphatic carbocycles. The monoisotopic (exact) mass is 415 g/mol. The summed E-state index contributed by atoms with van der Waals surface area (Å²) in [4.78, 5) is 39.0. The third kappa shape index (κ3) is 4.50. The lowest BCUT2D eigenvalue weighted by Gasteiger charge is -2.22. The lowest BCUT2D eigenvalue weighted by Crippen LogP contribution is -2.23. The number of thiophene rings is 1. The van der Waals surface area contributed by atoms with E-state index in [1.54, 1.807) is 26.0 Å². The molecule has 1 heterocycles. The van der Waals surface area contributed by atoms with Crippen LogP contribution in [0.2, 0.25) is 0 Å². The lowest BCUT2D eigenvalue weighted by atomic mass is 9.85. The molecular weight excluding hydrogens is 390 g/mol. The van der Waals surface area contributed by atoms with Crippen molar-refractivity contribution in [1.29, 1.82) is 0 Å².